The number of carbonyl (C=O) groups is 1. The van der Waals surface area contributed by atoms with Crippen LogP contribution in [0.3, 0.4) is 0 Å². The Morgan fingerprint density at radius 2 is 2.44 bits per heavy atom. The van der Waals surface area contributed by atoms with Crippen LogP contribution in [0.2, 0.25) is 0 Å². The minimum atomic E-state index is -0.0231. The summed E-state index contributed by atoms with van der Waals surface area (Å²) >= 11 is 0. The largest absolute Gasteiger partial charge is 0.351 e. The molecular weight excluding hydrogens is 204 g/mol. The van der Waals surface area contributed by atoms with Crippen LogP contribution in [0.25, 0.3) is 0 Å². The fourth-order valence-electron chi connectivity index (χ4n) is 1.37. The van der Waals surface area contributed by atoms with Gasteiger partial charge in [0.2, 0.25) is 5.91 Å². The molecular formula is C11H18N4O. The van der Waals surface area contributed by atoms with Crippen LogP contribution in [-0.2, 0) is 18.4 Å². The summed E-state index contributed by atoms with van der Waals surface area (Å²) in [5, 5.41) is 9.96. The molecule has 0 aliphatic heterocycles. The first-order valence-corrected chi connectivity index (χ1v) is 5.21. The summed E-state index contributed by atoms with van der Waals surface area (Å²) in [5.74, 6) is -0.0231. The quantitative estimate of drug-likeness (QED) is 0.531. The highest BCUT2D eigenvalue weighted by Gasteiger charge is 2.04. The third kappa shape index (κ3) is 3.86. The standard InChI is InChI=1S/C11H18N4O/c1-4-5-12-7-11(16)13-6-10-8-15(3)14-9(10)2/h4,8,12H,1,5-7H2,2-3H3,(H,13,16). The molecule has 0 radical (unpaired) electrons. The van der Waals surface area contributed by atoms with Crippen LogP contribution in [0, 0.1) is 6.92 Å². The van der Waals surface area contributed by atoms with Gasteiger partial charge in [0, 0.05) is 31.9 Å². The maximum absolute atomic E-state index is 11.4. The van der Waals surface area contributed by atoms with Gasteiger partial charge in [-0.1, -0.05) is 6.08 Å². The fourth-order valence-corrected chi connectivity index (χ4v) is 1.37. The van der Waals surface area contributed by atoms with Gasteiger partial charge in [0.1, 0.15) is 0 Å². The molecule has 0 atom stereocenters. The smallest absolute Gasteiger partial charge is 0.234 e. The maximum atomic E-state index is 11.4. The van der Waals surface area contributed by atoms with Gasteiger partial charge in [-0.25, -0.2) is 0 Å². The first-order chi connectivity index (χ1) is 7.63. The van der Waals surface area contributed by atoms with E-state index in [0.717, 1.165) is 11.3 Å². The lowest BCUT2D eigenvalue weighted by molar-refractivity contribution is -0.120. The Bertz CT molecular complexity index is 370. The lowest BCUT2D eigenvalue weighted by atomic mass is 10.2. The van der Waals surface area contributed by atoms with E-state index in [9.17, 15) is 4.79 Å². The zero-order valence-electron chi connectivity index (χ0n) is 9.79. The molecule has 0 saturated carbocycles. The highest BCUT2D eigenvalue weighted by molar-refractivity contribution is 5.77. The molecule has 1 amide bonds. The molecule has 2 N–H and O–H groups in total. The number of aromatic nitrogens is 2. The highest BCUT2D eigenvalue weighted by atomic mass is 16.1. The number of nitrogens with zero attached hydrogens (tertiary/aromatic N) is 2. The summed E-state index contributed by atoms with van der Waals surface area (Å²) in [5.41, 5.74) is 1.99. The number of nitrogens with one attached hydrogen (secondary N) is 2. The zero-order chi connectivity index (χ0) is 12.0. The van der Waals surface area contributed by atoms with Gasteiger partial charge in [0.25, 0.3) is 0 Å². The van der Waals surface area contributed by atoms with E-state index in [1.807, 2.05) is 20.2 Å². The molecule has 1 rings (SSSR count). The molecule has 16 heavy (non-hydrogen) atoms. The Hall–Kier alpha value is -1.62. The number of rotatable bonds is 6. The van der Waals surface area contributed by atoms with Crippen LogP contribution in [-0.4, -0.2) is 28.8 Å². The van der Waals surface area contributed by atoms with Crippen LogP contribution in [0.1, 0.15) is 11.3 Å². The molecule has 0 aliphatic rings. The van der Waals surface area contributed by atoms with E-state index < -0.39 is 0 Å². The second-order valence-corrected chi connectivity index (χ2v) is 3.61. The van der Waals surface area contributed by atoms with E-state index in [1.165, 1.54) is 0 Å². The topological polar surface area (TPSA) is 59.0 Å². The summed E-state index contributed by atoms with van der Waals surface area (Å²) in [4.78, 5) is 11.4. The first kappa shape index (κ1) is 12.4. The minimum Gasteiger partial charge on any atom is -0.351 e. The lowest BCUT2D eigenvalue weighted by Gasteiger charge is -2.04. The molecule has 0 aromatic carbocycles. The van der Waals surface area contributed by atoms with Gasteiger partial charge in [-0.2, -0.15) is 5.10 Å². The van der Waals surface area contributed by atoms with E-state index in [1.54, 1.807) is 10.8 Å². The summed E-state index contributed by atoms with van der Waals surface area (Å²) in [7, 11) is 1.87. The molecule has 0 aliphatic carbocycles. The van der Waals surface area contributed by atoms with Gasteiger partial charge < -0.3 is 10.6 Å². The lowest BCUT2D eigenvalue weighted by Crippen LogP contribution is -2.33. The van der Waals surface area contributed by atoms with Crippen LogP contribution >= 0.6 is 0 Å². The third-order valence-corrected chi connectivity index (χ3v) is 2.17. The van der Waals surface area contributed by atoms with Gasteiger partial charge in [-0.3, -0.25) is 9.48 Å². The van der Waals surface area contributed by atoms with Gasteiger partial charge in [0.15, 0.2) is 0 Å². The molecule has 1 aromatic rings. The number of hydrogen-bond donors (Lipinski definition) is 2. The molecule has 5 nitrogen and oxygen atoms in total. The van der Waals surface area contributed by atoms with Crippen molar-refractivity contribution in [1.29, 1.82) is 0 Å². The number of aryl methyl sites for hydroxylation is 2. The van der Waals surface area contributed by atoms with Crippen molar-refractivity contribution in [3.05, 3.63) is 30.1 Å². The molecule has 0 unspecified atom stereocenters. The monoisotopic (exact) mass is 222 g/mol. The molecule has 0 spiro atoms. The summed E-state index contributed by atoms with van der Waals surface area (Å²) in [6, 6.07) is 0. The molecule has 1 aromatic heterocycles. The SMILES string of the molecule is C=CCNCC(=O)NCc1cn(C)nc1C. The Labute approximate surface area is 95.5 Å². The average Bonchev–Trinajstić information content (AvgIpc) is 2.55. The summed E-state index contributed by atoms with van der Waals surface area (Å²) in [6.45, 7) is 6.96. The first-order valence-electron chi connectivity index (χ1n) is 5.21. The normalized spacial score (nSPS) is 10.1. The summed E-state index contributed by atoms with van der Waals surface area (Å²) in [6.07, 6.45) is 3.63. The van der Waals surface area contributed by atoms with Crippen LogP contribution < -0.4 is 10.6 Å². The maximum Gasteiger partial charge on any atom is 0.234 e. The van der Waals surface area contributed by atoms with Crippen molar-refractivity contribution < 1.29 is 4.79 Å². The number of amides is 1. The molecule has 0 bridgehead atoms. The van der Waals surface area contributed by atoms with E-state index in [2.05, 4.69) is 22.3 Å². The van der Waals surface area contributed by atoms with Crippen molar-refractivity contribution in [2.24, 2.45) is 7.05 Å². The Morgan fingerprint density at radius 3 is 3.00 bits per heavy atom. The average molecular weight is 222 g/mol. The van der Waals surface area contributed by atoms with E-state index in [0.29, 0.717) is 19.6 Å². The van der Waals surface area contributed by atoms with Crippen LogP contribution in [0.4, 0.5) is 0 Å². The second kappa shape index (κ2) is 6.07. The van der Waals surface area contributed by atoms with E-state index >= 15 is 0 Å². The molecule has 0 saturated heterocycles. The molecule has 88 valence electrons. The van der Waals surface area contributed by atoms with Crippen LogP contribution in [0.5, 0.6) is 0 Å². The number of hydrogen-bond acceptors (Lipinski definition) is 3. The number of carbonyl (C=O) groups excluding carboxylic acids is 1. The Balaban J connectivity index is 2.31. The van der Waals surface area contributed by atoms with Crippen molar-refractivity contribution in [1.82, 2.24) is 20.4 Å². The van der Waals surface area contributed by atoms with Gasteiger partial charge in [0.05, 0.1) is 12.2 Å². The van der Waals surface area contributed by atoms with Gasteiger partial charge in [-0.15, -0.1) is 6.58 Å². The third-order valence-electron chi connectivity index (χ3n) is 2.17. The van der Waals surface area contributed by atoms with E-state index in [-0.39, 0.29) is 5.91 Å². The highest BCUT2D eigenvalue weighted by Crippen LogP contribution is 2.03. The van der Waals surface area contributed by atoms with Crippen molar-refractivity contribution in [3.63, 3.8) is 0 Å². The predicted octanol–water partition coefficient (Wildman–Crippen LogP) is 0.120. The minimum absolute atomic E-state index is 0.0231. The molecule has 5 heteroatoms. The van der Waals surface area contributed by atoms with Gasteiger partial charge in [-0.05, 0) is 6.92 Å². The molecule has 0 fully saturated rings. The fraction of sp³-hybridized carbons (Fsp3) is 0.455. The van der Waals surface area contributed by atoms with Gasteiger partial charge >= 0.3 is 0 Å². The van der Waals surface area contributed by atoms with Crippen molar-refractivity contribution >= 4 is 5.91 Å². The zero-order valence-corrected chi connectivity index (χ0v) is 9.79. The van der Waals surface area contributed by atoms with Crippen molar-refractivity contribution in [3.8, 4) is 0 Å². The Kier molecular flexibility index (Phi) is 4.72. The Morgan fingerprint density at radius 1 is 1.69 bits per heavy atom. The van der Waals surface area contributed by atoms with Crippen molar-refractivity contribution in [2.75, 3.05) is 13.1 Å². The predicted molar refractivity (Wildman–Crippen MR) is 62.9 cm³/mol. The van der Waals surface area contributed by atoms with Crippen LogP contribution in [0.15, 0.2) is 18.9 Å². The molecule has 1 heterocycles. The van der Waals surface area contributed by atoms with Crippen molar-refractivity contribution in [2.45, 2.75) is 13.5 Å². The van der Waals surface area contributed by atoms with E-state index in [4.69, 9.17) is 0 Å². The summed E-state index contributed by atoms with van der Waals surface area (Å²) < 4.78 is 1.74. The second-order valence-electron chi connectivity index (χ2n) is 3.61.